The highest BCUT2D eigenvalue weighted by Gasteiger charge is 2.12. The maximum absolute atomic E-state index is 12.0. The van der Waals surface area contributed by atoms with E-state index in [9.17, 15) is 4.79 Å². The lowest BCUT2D eigenvalue weighted by Gasteiger charge is -2.19. The van der Waals surface area contributed by atoms with Gasteiger partial charge in [-0.05, 0) is 17.7 Å². The summed E-state index contributed by atoms with van der Waals surface area (Å²) in [6, 6.07) is 15.6. The molecular formula is C18H20N2O3. The molecule has 3 rings (SSSR count). The van der Waals surface area contributed by atoms with Gasteiger partial charge in [-0.1, -0.05) is 30.3 Å². The van der Waals surface area contributed by atoms with E-state index in [0.29, 0.717) is 31.9 Å². The minimum atomic E-state index is -0.0257. The van der Waals surface area contributed by atoms with Crippen molar-refractivity contribution in [1.29, 1.82) is 0 Å². The number of fused-ring (bicyclic) bond motifs is 1. The van der Waals surface area contributed by atoms with Crippen LogP contribution in [0.15, 0.2) is 48.5 Å². The van der Waals surface area contributed by atoms with Crippen molar-refractivity contribution in [2.75, 3.05) is 25.1 Å². The Bertz CT molecular complexity index is 659. The van der Waals surface area contributed by atoms with Crippen LogP contribution in [0, 0.1) is 0 Å². The zero-order valence-electron chi connectivity index (χ0n) is 12.9. The van der Waals surface area contributed by atoms with E-state index in [1.165, 1.54) is 5.56 Å². The van der Waals surface area contributed by atoms with E-state index in [-0.39, 0.29) is 5.91 Å². The summed E-state index contributed by atoms with van der Waals surface area (Å²) in [6.07, 6.45) is 0.418. The summed E-state index contributed by atoms with van der Waals surface area (Å²) in [7, 11) is 0. The zero-order chi connectivity index (χ0) is 15.9. The molecule has 2 aromatic carbocycles. The van der Waals surface area contributed by atoms with Gasteiger partial charge in [-0.3, -0.25) is 4.79 Å². The van der Waals surface area contributed by atoms with Gasteiger partial charge in [-0.25, -0.2) is 0 Å². The molecule has 0 unspecified atom stereocenters. The number of ether oxygens (including phenoxy) is 2. The molecule has 1 amide bonds. The summed E-state index contributed by atoms with van der Waals surface area (Å²) < 4.78 is 11.0. The lowest BCUT2D eigenvalue weighted by molar-refractivity contribution is -0.116. The summed E-state index contributed by atoms with van der Waals surface area (Å²) in [4.78, 5) is 12.0. The van der Waals surface area contributed by atoms with Gasteiger partial charge in [0.25, 0.3) is 0 Å². The van der Waals surface area contributed by atoms with E-state index in [4.69, 9.17) is 9.47 Å². The van der Waals surface area contributed by atoms with E-state index in [1.54, 1.807) is 6.07 Å². The molecule has 2 N–H and O–H groups in total. The Hall–Kier alpha value is -2.53. The van der Waals surface area contributed by atoms with Gasteiger partial charge in [0.15, 0.2) is 11.5 Å². The Kier molecular flexibility index (Phi) is 5.11. The zero-order valence-corrected chi connectivity index (χ0v) is 12.9. The van der Waals surface area contributed by atoms with E-state index in [1.807, 2.05) is 30.3 Å². The minimum absolute atomic E-state index is 0.0257. The first kappa shape index (κ1) is 15.4. The first-order valence-corrected chi connectivity index (χ1v) is 7.75. The second kappa shape index (κ2) is 7.65. The number of hydrogen-bond acceptors (Lipinski definition) is 4. The predicted octanol–water partition coefficient (Wildman–Crippen LogP) is 2.58. The summed E-state index contributed by atoms with van der Waals surface area (Å²) in [6.45, 7) is 2.49. The minimum Gasteiger partial charge on any atom is -0.486 e. The number of carbonyl (C=O) groups is 1. The smallest absolute Gasteiger partial charge is 0.225 e. The van der Waals surface area contributed by atoms with Gasteiger partial charge in [0.1, 0.15) is 13.2 Å². The van der Waals surface area contributed by atoms with Crippen LogP contribution in [-0.2, 0) is 11.3 Å². The average Bonchev–Trinajstić information content (AvgIpc) is 2.59. The van der Waals surface area contributed by atoms with Crippen LogP contribution in [0.5, 0.6) is 11.5 Å². The Balaban J connectivity index is 1.42. The van der Waals surface area contributed by atoms with Crippen molar-refractivity contribution >= 4 is 11.6 Å². The van der Waals surface area contributed by atoms with Crippen LogP contribution in [0.3, 0.4) is 0 Å². The second-order valence-corrected chi connectivity index (χ2v) is 5.32. The summed E-state index contributed by atoms with van der Waals surface area (Å²) in [5, 5.41) is 6.14. The quantitative estimate of drug-likeness (QED) is 0.805. The number of amides is 1. The van der Waals surface area contributed by atoms with Crippen molar-refractivity contribution in [2.45, 2.75) is 13.0 Å². The van der Waals surface area contributed by atoms with Crippen LogP contribution in [0.2, 0.25) is 0 Å². The van der Waals surface area contributed by atoms with Crippen molar-refractivity contribution < 1.29 is 14.3 Å². The van der Waals surface area contributed by atoms with E-state index < -0.39 is 0 Å². The van der Waals surface area contributed by atoms with Gasteiger partial charge in [0.05, 0.1) is 0 Å². The molecule has 1 heterocycles. The number of rotatable bonds is 6. The highest BCUT2D eigenvalue weighted by molar-refractivity contribution is 5.91. The fourth-order valence-corrected chi connectivity index (χ4v) is 2.38. The highest BCUT2D eigenvalue weighted by atomic mass is 16.6. The molecule has 0 bridgehead atoms. The first-order chi connectivity index (χ1) is 11.3. The molecule has 120 valence electrons. The van der Waals surface area contributed by atoms with Crippen LogP contribution < -0.4 is 20.1 Å². The van der Waals surface area contributed by atoms with Crippen molar-refractivity contribution in [1.82, 2.24) is 5.32 Å². The van der Waals surface area contributed by atoms with Crippen LogP contribution in [0.4, 0.5) is 5.69 Å². The molecule has 0 radical (unpaired) electrons. The van der Waals surface area contributed by atoms with Gasteiger partial charge in [-0.15, -0.1) is 0 Å². The SMILES string of the molecule is O=C(CCNCc1ccccc1)Nc1ccc2c(c1)OCCO2. The summed E-state index contributed by atoms with van der Waals surface area (Å²) in [5.41, 5.74) is 1.93. The molecule has 0 saturated carbocycles. The molecule has 1 aliphatic heterocycles. The van der Waals surface area contributed by atoms with Gasteiger partial charge in [0, 0.05) is 31.3 Å². The normalized spacial score (nSPS) is 12.7. The monoisotopic (exact) mass is 312 g/mol. The fraction of sp³-hybridized carbons (Fsp3) is 0.278. The topological polar surface area (TPSA) is 59.6 Å². The maximum Gasteiger partial charge on any atom is 0.225 e. The number of nitrogens with one attached hydrogen (secondary N) is 2. The van der Waals surface area contributed by atoms with Gasteiger partial charge in [-0.2, -0.15) is 0 Å². The Labute approximate surface area is 135 Å². The second-order valence-electron chi connectivity index (χ2n) is 5.32. The Morgan fingerprint density at radius 1 is 1.00 bits per heavy atom. The van der Waals surface area contributed by atoms with Gasteiger partial charge >= 0.3 is 0 Å². The summed E-state index contributed by atoms with van der Waals surface area (Å²) in [5.74, 6) is 1.37. The molecule has 0 aromatic heterocycles. The Morgan fingerprint density at radius 2 is 1.78 bits per heavy atom. The number of benzene rings is 2. The largest absolute Gasteiger partial charge is 0.486 e. The van der Waals surface area contributed by atoms with Gasteiger partial charge in [0.2, 0.25) is 5.91 Å². The molecule has 5 nitrogen and oxygen atoms in total. The van der Waals surface area contributed by atoms with Crippen LogP contribution in [0.1, 0.15) is 12.0 Å². The van der Waals surface area contributed by atoms with E-state index >= 15 is 0 Å². The lowest BCUT2D eigenvalue weighted by Crippen LogP contribution is -2.21. The predicted molar refractivity (Wildman–Crippen MR) is 88.8 cm³/mol. The average molecular weight is 312 g/mol. The highest BCUT2D eigenvalue weighted by Crippen LogP contribution is 2.32. The van der Waals surface area contributed by atoms with Gasteiger partial charge < -0.3 is 20.1 Å². The third-order valence-electron chi connectivity index (χ3n) is 3.53. The standard InChI is InChI=1S/C18H20N2O3/c21-18(8-9-19-13-14-4-2-1-3-5-14)20-15-6-7-16-17(12-15)23-11-10-22-16/h1-7,12,19H,8-11,13H2,(H,20,21). The molecule has 0 atom stereocenters. The summed E-state index contributed by atoms with van der Waals surface area (Å²) >= 11 is 0. The molecular weight excluding hydrogens is 292 g/mol. The molecule has 0 spiro atoms. The van der Waals surface area contributed by atoms with Crippen LogP contribution >= 0.6 is 0 Å². The molecule has 0 aliphatic carbocycles. The Morgan fingerprint density at radius 3 is 2.61 bits per heavy atom. The van der Waals surface area contributed by atoms with Crippen LogP contribution in [-0.4, -0.2) is 25.7 Å². The third kappa shape index (κ3) is 4.47. The first-order valence-electron chi connectivity index (χ1n) is 7.75. The number of hydrogen-bond donors (Lipinski definition) is 2. The molecule has 1 aliphatic rings. The molecule has 23 heavy (non-hydrogen) atoms. The molecule has 2 aromatic rings. The molecule has 5 heteroatoms. The number of anilines is 1. The molecule has 0 fully saturated rings. The van der Waals surface area contributed by atoms with Crippen LogP contribution in [0.25, 0.3) is 0 Å². The third-order valence-corrected chi connectivity index (χ3v) is 3.53. The van der Waals surface area contributed by atoms with E-state index in [2.05, 4.69) is 22.8 Å². The fourth-order valence-electron chi connectivity index (χ4n) is 2.38. The van der Waals surface area contributed by atoms with Crippen molar-refractivity contribution in [3.63, 3.8) is 0 Å². The van der Waals surface area contributed by atoms with E-state index in [0.717, 1.165) is 18.0 Å². The number of carbonyl (C=O) groups excluding carboxylic acids is 1. The van der Waals surface area contributed by atoms with Crippen molar-refractivity contribution in [2.24, 2.45) is 0 Å². The van der Waals surface area contributed by atoms with Crippen molar-refractivity contribution in [3.8, 4) is 11.5 Å². The molecule has 0 saturated heterocycles. The lowest BCUT2D eigenvalue weighted by atomic mass is 10.2. The van der Waals surface area contributed by atoms with Crippen molar-refractivity contribution in [3.05, 3.63) is 54.1 Å². The maximum atomic E-state index is 12.0.